The van der Waals surface area contributed by atoms with Gasteiger partial charge >= 0.3 is 0 Å². The topological polar surface area (TPSA) is 69.6 Å². The molecule has 0 spiro atoms. The number of aliphatic hydroxyl groups is 1. The number of rotatable bonds is 4. The molecule has 1 aromatic rings. The van der Waals surface area contributed by atoms with Crippen molar-refractivity contribution in [2.75, 3.05) is 13.2 Å². The molecule has 0 radical (unpaired) electrons. The minimum Gasteiger partial charge on any atom is -0.394 e. The number of nitrogens with one attached hydrogen (secondary N) is 1. The van der Waals surface area contributed by atoms with Crippen LogP contribution in [0.4, 0.5) is 0 Å². The normalized spacial score (nSPS) is 20.3. The molecule has 5 nitrogen and oxygen atoms in total. The zero-order valence-electron chi connectivity index (χ0n) is 10.8. The number of thiophene rings is 1. The first kappa shape index (κ1) is 14.0. The highest BCUT2D eigenvalue weighted by Crippen LogP contribution is 2.18. The highest BCUT2D eigenvalue weighted by Gasteiger charge is 2.31. The minimum absolute atomic E-state index is 0.0165. The van der Waals surface area contributed by atoms with Crippen molar-refractivity contribution in [3.05, 3.63) is 22.4 Å². The van der Waals surface area contributed by atoms with Crippen LogP contribution in [0.1, 0.15) is 29.4 Å². The Morgan fingerprint density at radius 3 is 3.05 bits per heavy atom. The Bertz CT molecular complexity index is 447. The van der Waals surface area contributed by atoms with Crippen LogP contribution in [0.2, 0.25) is 0 Å². The summed E-state index contributed by atoms with van der Waals surface area (Å²) in [6.07, 6.45) is 1.73. The number of amides is 2. The molecule has 104 valence electrons. The molecule has 1 fully saturated rings. The number of hydrogen-bond donors (Lipinski definition) is 2. The van der Waals surface area contributed by atoms with Crippen LogP contribution in [0.25, 0.3) is 0 Å². The fraction of sp³-hybridized carbons (Fsp3) is 0.538. The van der Waals surface area contributed by atoms with E-state index >= 15 is 0 Å². The third kappa shape index (κ3) is 3.13. The van der Waals surface area contributed by atoms with E-state index in [9.17, 15) is 14.7 Å². The first-order valence-corrected chi connectivity index (χ1v) is 7.27. The lowest BCUT2D eigenvalue weighted by molar-refractivity contribution is -0.134. The van der Waals surface area contributed by atoms with Crippen molar-refractivity contribution in [1.29, 1.82) is 0 Å². The van der Waals surface area contributed by atoms with E-state index in [-0.39, 0.29) is 24.5 Å². The van der Waals surface area contributed by atoms with Crippen molar-refractivity contribution in [3.63, 3.8) is 0 Å². The Morgan fingerprint density at radius 2 is 2.42 bits per heavy atom. The van der Waals surface area contributed by atoms with Crippen LogP contribution in [-0.4, -0.2) is 47.1 Å². The van der Waals surface area contributed by atoms with E-state index in [1.165, 1.54) is 11.3 Å². The summed E-state index contributed by atoms with van der Waals surface area (Å²) >= 11 is 1.35. The molecule has 0 bridgehead atoms. The summed E-state index contributed by atoms with van der Waals surface area (Å²) in [5.41, 5.74) is 0. The van der Waals surface area contributed by atoms with Crippen molar-refractivity contribution in [3.8, 4) is 0 Å². The van der Waals surface area contributed by atoms with Crippen molar-refractivity contribution in [1.82, 2.24) is 10.2 Å². The molecule has 2 heterocycles. The minimum atomic E-state index is -0.568. The van der Waals surface area contributed by atoms with E-state index < -0.39 is 6.04 Å². The second kappa shape index (κ2) is 6.16. The lowest BCUT2D eigenvalue weighted by atomic mass is 10.2. The van der Waals surface area contributed by atoms with Gasteiger partial charge in [-0.2, -0.15) is 0 Å². The molecule has 0 saturated carbocycles. The SMILES string of the molecule is CC(NC(=O)c1cccs1)C(=O)N1CCCC1CO. The van der Waals surface area contributed by atoms with Gasteiger partial charge in [-0.1, -0.05) is 6.07 Å². The van der Waals surface area contributed by atoms with Crippen molar-refractivity contribution in [2.45, 2.75) is 31.8 Å². The summed E-state index contributed by atoms with van der Waals surface area (Å²) in [7, 11) is 0. The van der Waals surface area contributed by atoms with Crippen LogP contribution < -0.4 is 5.32 Å². The van der Waals surface area contributed by atoms with E-state index in [2.05, 4.69) is 5.32 Å². The van der Waals surface area contributed by atoms with Gasteiger partial charge in [-0.05, 0) is 31.2 Å². The Morgan fingerprint density at radius 1 is 1.63 bits per heavy atom. The molecule has 1 saturated heterocycles. The van der Waals surface area contributed by atoms with Crippen LogP contribution >= 0.6 is 11.3 Å². The average Bonchev–Trinajstić information content (AvgIpc) is 3.08. The third-order valence-electron chi connectivity index (χ3n) is 3.33. The molecule has 0 aromatic carbocycles. The lowest BCUT2D eigenvalue weighted by Gasteiger charge is -2.26. The van der Waals surface area contributed by atoms with Gasteiger partial charge in [-0.15, -0.1) is 11.3 Å². The largest absolute Gasteiger partial charge is 0.394 e. The molecule has 2 atom stereocenters. The highest BCUT2D eigenvalue weighted by atomic mass is 32.1. The summed E-state index contributed by atoms with van der Waals surface area (Å²) in [5, 5.41) is 13.7. The molecular weight excluding hydrogens is 264 g/mol. The van der Waals surface area contributed by atoms with Crippen molar-refractivity contribution >= 4 is 23.2 Å². The lowest BCUT2D eigenvalue weighted by Crippen LogP contribution is -2.49. The first-order valence-electron chi connectivity index (χ1n) is 6.39. The van der Waals surface area contributed by atoms with E-state index in [4.69, 9.17) is 0 Å². The second-order valence-electron chi connectivity index (χ2n) is 4.68. The zero-order valence-corrected chi connectivity index (χ0v) is 11.7. The Kier molecular flexibility index (Phi) is 4.55. The number of hydrogen-bond acceptors (Lipinski definition) is 4. The third-order valence-corrected chi connectivity index (χ3v) is 4.20. The molecule has 0 aliphatic carbocycles. The smallest absolute Gasteiger partial charge is 0.261 e. The molecule has 2 amide bonds. The van der Waals surface area contributed by atoms with Crippen molar-refractivity contribution in [2.24, 2.45) is 0 Å². The molecular formula is C13H18N2O3S. The predicted molar refractivity (Wildman–Crippen MR) is 73.1 cm³/mol. The summed E-state index contributed by atoms with van der Waals surface area (Å²) in [5.74, 6) is -0.350. The van der Waals surface area contributed by atoms with Gasteiger partial charge in [0.2, 0.25) is 5.91 Å². The quantitative estimate of drug-likeness (QED) is 0.860. The Hall–Kier alpha value is -1.40. The number of carbonyl (C=O) groups excluding carboxylic acids is 2. The fourth-order valence-electron chi connectivity index (χ4n) is 2.30. The number of nitrogens with zero attached hydrogens (tertiary/aromatic N) is 1. The maximum absolute atomic E-state index is 12.2. The number of likely N-dealkylation sites (tertiary alicyclic amines) is 1. The summed E-state index contributed by atoms with van der Waals surface area (Å²) < 4.78 is 0. The average molecular weight is 282 g/mol. The molecule has 2 unspecified atom stereocenters. The van der Waals surface area contributed by atoms with Crippen LogP contribution in [0.3, 0.4) is 0 Å². The predicted octanol–water partition coefficient (Wildman–Crippen LogP) is 0.850. The van der Waals surface area contributed by atoms with Gasteiger partial charge in [0.1, 0.15) is 6.04 Å². The first-order chi connectivity index (χ1) is 9.13. The van der Waals surface area contributed by atoms with Gasteiger partial charge in [-0.25, -0.2) is 0 Å². The van der Waals surface area contributed by atoms with Crippen LogP contribution in [0.15, 0.2) is 17.5 Å². The fourth-order valence-corrected chi connectivity index (χ4v) is 2.93. The number of aliphatic hydroxyl groups excluding tert-OH is 1. The maximum atomic E-state index is 12.2. The van der Waals surface area contributed by atoms with Crippen LogP contribution in [-0.2, 0) is 4.79 Å². The van der Waals surface area contributed by atoms with Crippen LogP contribution in [0, 0.1) is 0 Å². The van der Waals surface area contributed by atoms with Gasteiger partial charge in [0.25, 0.3) is 5.91 Å². The summed E-state index contributed by atoms with van der Waals surface area (Å²) in [6, 6.07) is 2.85. The molecule has 1 aliphatic heterocycles. The molecule has 2 N–H and O–H groups in total. The summed E-state index contributed by atoms with van der Waals surface area (Å²) in [6.45, 7) is 2.32. The van der Waals surface area contributed by atoms with Crippen molar-refractivity contribution < 1.29 is 14.7 Å². The Balaban J connectivity index is 1.94. The van der Waals surface area contributed by atoms with Gasteiger partial charge in [-0.3, -0.25) is 9.59 Å². The molecule has 6 heteroatoms. The summed E-state index contributed by atoms with van der Waals surface area (Å²) in [4.78, 5) is 26.4. The van der Waals surface area contributed by atoms with E-state index in [1.807, 2.05) is 5.38 Å². The monoisotopic (exact) mass is 282 g/mol. The van der Waals surface area contributed by atoms with Crippen LogP contribution in [0.5, 0.6) is 0 Å². The van der Waals surface area contributed by atoms with Gasteiger partial charge in [0, 0.05) is 6.54 Å². The van der Waals surface area contributed by atoms with Gasteiger partial charge in [0.15, 0.2) is 0 Å². The Labute approximate surface area is 116 Å². The van der Waals surface area contributed by atoms with E-state index in [1.54, 1.807) is 24.0 Å². The second-order valence-corrected chi connectivity index (χ2v) is 5.63. The van der Waals surface area contributed by atoms with Gasteiger partial charge in [0.05, 0.1) is 17.5 Å². The molecule has 2 rings (SSSR count). The standard InChI is InChI=1S/C13H18N2O3S/c1-9(14-12(17)11-5-3-7-19-11)13(18)15-6-2-4-10(15)8-16/h3,5,7,9-10,16H,2,4,6,8H2,1H3,(H,14,17). The highest BCUT2D eigenvalue weighted by molar-refractivity contribution is 7.12. The maximum Gasteiger partial charge on any atom is 0.261 e. The molecule has 1 aromatic heterocycles. The zero-order chi connectivity index (χ0) is 13.8. The van der Waals surface area contributed by atoms with E-state index in [0.29, 0.717) is 11.4 Å². The van der Waals surface area contributed by atoms with E-state index in [0.717, 1.165) is 12.8 Å². The molecule has 19 heavy (non-hydrogen) atoms. The van der Waals surface area contributed by atoms with Gasteiger partial charge < -0.3 is 15.3 Å². The molecule has 1 aliphatic rings. The number of carbonyl (C=O) groups is 2.